The molecule has 0 saturated carbocycles. The van der Waals surface area contributed by atoms with Gasteiger partial charge < -0.3 is 18.9 Å². The van der Waals surface area contributed by atoms with Crippen LogP contribution in [0.1, 0.15) is 31.9 Å². The minimum Gasteiger partial charge on any atom is -0.493 e. The van der Waals surface area contributed by atoms with E-state index in [9.17, 15) is 14.0 Å². The molecule has 0 atom stereocenters. The Morgan fingerprint density at radius 2 is 1.87 bits per heavy atom. The molecule has 1 heterocycles. The van der Waals surface area contributed by atoms with Gasteiger partial charge in [0.15, 0.2) is 17.2 Å². The molecule has 8 heteroatoms. The van der Waals surface area contributed by atoms with Crippen LogP contribution in [0.2, 0.25) is 0 Å². The van der Waals surface area contributed by atoms with Gasteiger partial charge in [0.05, 0.1) is 12.7 Å². The van der Waals surface area contributed by atoms with E-state index in [1.165, 1.54) is 37.5 Å². The second kappa shape index (κ2) is 8.36. The normalized spacial score (nSPS) is 14.9. The summed E-state index contributed by atoms with van der Waals surface area (Å²) < 4.78 is 34.5. The first-order valence-corrected chi connectivity index (χ1v) is 9.02. The average molecular weight is 413 g/mol. The van der Waals surface area contributed by atoms with E-state index in [4.69, 9.17) is 18.9 Å². The van der Waals surface area contributed by atoms with Crippen LogP contribution in [0.5, 0.6) is 11.5 Å². The summed E-state index contributed by atoms with van der Waals surface area (Å²) in [4.78, 5) is 28.1. The molecule has 0 amide bonds. The zero-order valence-corrected chi connectivity index (χ0v) is 16.9. The standard InChI is InChI=1S/C22H20FNO6/c1-22(2,3)30-21(26)28-17-10-9-13(12-18(17)27-4)11-16-20(25)29-19(24-16)14-7-5-6-8-15(14)23/h5-12H,1-4H3/b16-11-. The summed E-state index contributed by atoms with van der Waals surface area (Å²) in [6, 6.07) is 10.5. The molecular weight excluding hydrogens is 393 g/mol. The third-order valence-corrected chi connectivity index (χ3v) is 3.80. The SMILES string of the molecule is COc1cc(/C=C2\N=C(c3ccccc3F)OC2=O)ccc1OC(=O)OC(C)(C)C. The molecule has 1 aliphatic rings. The highest BCUT2D eigenvalue weighted by atomic mass is 19.1. The Kier molecular flexibility index (Phi) is 5.86. The van der Waals surface area contributed by atoms with Gasteiger partial charge in [0.25, 0.3) is 0 Å². The number of aliphatic imine (C=N–C) groups is 1. The fourth-order valence-electron chi connectivity index (χ4n) is 2.54. The Morgan fingerprint density at radius 1 is 1.13 bits per heavy atom. The van der Waals surface area contributed by atoms with Crippen molar-refractivity contribution in [2.24, 2.45) is 4.99 Å². The summed E-state index contributed by atoms with van der Waals surface area (Å²) in [5.74, 6) is -0.962. The van der Waals surface area contributed by atoms with Crippen LogP contribution in [0.15, 0.2) is 53.2 Å². The van der Waals surface area contributed by atoms with E-state index in [1.54, 1.807) is 39.0 Å². The highest BCUT2D eigenvalue weighted by Gasteiger charge is 2.26. The number of esters is 1. The number of hydrogen-bond donors (Lipinski definition) is 0. The molecule has 1 aliphatic heterocycles. The number of halogens is 1. The van der Waals surface area contributed by atoms with Crippen molar-refractivity contribution in [2.45, 2.75) is 26.4 Å². The summed E-state index contributed by atoms with van der Waals surface area (Å²) in [5, 5.41) is 0. The van der Waals surface area contributed by atoms with Gasteiger partial charge in [0.1, 0.15) is 11.4 Å². The topological polar surface area (TPSA) is 83.4 Å². The summed E-state index contributed by atoms with van der Waals surface area (Å²) >= 11 is 0. The monoisotopic (exact) mass is 413 g/mol. The fraction of sp³-hybridized carbons (Fsp3) is 0.227. The lowest BCUT2D eigenvalue weighted by atomic mass is 10.1. The quantitative estimate of drug-likeness (QED) is 0.417. The largest absolute Gasteiger partial charge is 0.514 e. The van der Waals surface area contributed by atoms with Gasteiger partial charge in [-0.1, -0.05) is 18.2 Å². The van der Waals surface area contributed by atoms with Gasteiger partial charge in [-0.2, -0.15) is 0 Å². The Hall–Kier alpha value is -3.68. The smallest absolute Gasteiger partial charge is 0.493 e. The van der Waals surface area contributed by atoms with Crippen molar-refractivity contribution in [3.05, 3.63) is 65.1 Å². The molecule has 3 rings (SSSR count). The molecular formula is C22H20FNO6. The van der Waals surface area contributed by atoms with Crippen molar-refractivity contribution >= 4 is 24.1 Å². The molecule has 30 heavy (non-hydrogen) atoms. The van der Waals surface area contributed by atoms with Crippen LogP contribution < -0.4 is 9.47 Å². The van der Waals surface area contributed by atoms with Crippen molar-refractivity contribution < 1.29 is 32.9 Å². The highest BCUT2D eigenvalue weighted by Crippen LogP contribution is 2.30. The number of carbonyl (C=O) groups excluding carboxylic acids is 2. The first-order chi connectivity index (χ1) is 14.2. The minimum atomic E-state index is -0.870. The molecule has 0 unspecified atom stereocenters. The third-order valence-electron chi connectivity index (χ3n) is 3.80. The molecule has 2 aromatic rings. The van der Waals surface area contributed by atoms with Crippen molar-refractivity contribution in [1.82, 2.24) is 0 Å². The molecule has 0 radical (unpaired) electrons. The Balaban J connectivity index is 1.84. The number of carbonyl (C=O) groups is 2. The van der Waals surface area contributed by atoms with Gasteiger partial charge in [-0.15, -0.1) is 0 Å². The van der Waals surface area contributed by atoms with Gasteiger partial charge in [-0.3, -0.25) is 0 Å². The zero-order chi connectivity index (χ0) is 21.9. The van der Waals surface area contributed by atoms with Gasteiger partial charge in [0, 0.05) is 0 Å². The lowest BCUT2D eigenvalue weighted by Crippen LogP contribution is -2.26. The van der Waals surface area contributed by atoms with E-state index in [1.807, 2.05) is 0 Å². The van der Waals surface area contributed by atoms with Crippen molar-refractivity contribution in [3.63, 3.8) is 0 Å². The molecule has 0 N–H and O–H groups in total. The van der Waals surface area contributed by atoms with Crippen molar-refractivity contribution in [2.75, 3.05) is 7.11 Å². The predicted molar refractivity (Wildman–Crippen MR) is 107 cm³/mol. The van der Waals surface area contributed by atoms with Crippen LogP contribution in [0.4, 0.5) is 9.18 Å². The molecule has 7 nitrogen and oxygen atoms in total. The lowest BCUT2D eigenvalue weighted by Gasteiger charge is -2.19. The van der Waals surface area contributed by atoms with Gasteiger partial charge in [0.2, 0.25) is 5.90 Å². The molecule has 0 aromatic heterocycles. The number of nitrogens with zero attached hydrogens (tertiary/aromatic N) is 1. The summed E-state index contributed by atoms with van der Waals surface area (Å²) in [7, 11) is 1.41. The first-order valence-electron chi connectivity index (χ1n) is 9.02. The summed E-state index contributed by atoms with van der Waals surface area (Å²) in [6.45, 7) is 5.16. The maximum Gasteiger partial charge on any atom is 0.514 e. The maximum absolute atomic E-state index is 13.9. The zero-order valence-electron chi connectivity index (χ0n) is 16.9. The average Bonchev–Trinajstić information content (AvgIpc) is 3.02. The molecule has 156 valence electrons. The molecule has 0 saturated heterocycles. The predicted octanol–water partition coefficient (Wildman–Crippen LogP) is 4.49. The van der Waals surface area contributed by atoms with E-state index in [-0.39, 0.29) is 28.7 Å². The Bertz CT molecular complexity index is 1050. The van der Waals surface area contributed by atoms with E-state index in [0.717, 1.165) is 0 Å². The summed E-state index contributed by atoms with van der Waals surface area (Å²) in [6.07, 6.45) is 0.584. The number of hydrogen-bond acceptors (Lipinski definition) is 7. The van der Waals surface area contributed by atoms with E-state index in [0.29, 0.717) is 5.56 Å². The minimum absolute atomic E-state index is 0.00360. The van der Waals surface area contributed by atoms with Crippen LogP contribution in [0.25, 0.3) is 6.08 Å². The van der Waals surface area contributed by atoms with Crippen LogP contribution in [0.3, 0.4) is 0 Å². The summed E-state index contributed by atoms with van der Waals surface area (Å²) in [5.41, 5.74) is -0.0798. The lowest BCUT2D eigenvalue weighted by molar-refractivity contribution is -0.129. The molecule has 0 fully saturated rings. The second-order valence-corrected chi connectivity index (χ2v) is 7.29. The van der Waals surface area contributed by atoms with Gasteiger partial charge >= 0.3 is 12.1 Å². The first kappa shape index (κ1) is 21.0. The van der Waals surface area contributed by atoms with E-state index < -0.39 is 23.5 Å². The number of ether oxygens (including phenoxy) is 4. The highest BCUT2D eigenvalue weighted by molar-refractivity contribution is 6.12. The molecule has 2 aromatic carbocycles. The van der Waals surface area contributed by atoms with Gasteiger partial charge in [-0.25, -0.2) is 19.0 Å². The van der Waals surface area contributed by atoms with Crippen LogP contribution >= 0.6 is 0 Å². The molecule has 0 bridgehead atoms. The molecule has 0 spiro atoms. The van der Waals surface area contributed by atoms with E-state index >= 15 is 0 Å². The van der Waals surface area contributed by atoms with Crippen molar-refractivity contribution in [3.8, 4) is 11.5 Å². The van der Waals surface area contributed by atoms with Crippen LogP contribution in [0, 0.1) is 5.82 Å². The van der Waals surface area contributed by atoms with Crippen molar-refractivity contribution in [1.29, 1.82) is 0 Å². The molecule has 0 aliphatic carbocycles. The number of methoxy groups -OCH3 is 1. The Labute approximate surface area is 172 Å². The van der Waals surface area contributed by atoms with Gasteiger partial charge in [-0.05, 0) is 56.7 Å². The van der Waals surface area contributed by atoms with Crippen LogP contribution in [-0.4, -0.2) is 30.7 Å². The number of cyclic esters (lactones) is 1. The van der Waals surface area contributed by atoms with Crippen LogP contribution in [-0.2, 0) is 14.3 Å². The fourth-order valence-corrected chi connectivity index (χ4v) is 2.54. The van der Waals surface area contributed by atoms with E-state index in [2.05, 4.69) is 4.99 Å². The maximum atomic E-state index is 13.9. The number of benzene rings is 2. The Morgan fingerprint density at radius 3 is 2.53 bits per heavy atom. The third kappa shape index (κ3) is 5.02. The second-order valence-electron chi connectivity index (χ2n) is 7.29. The number of rotatable bonds is 4.